The van der Waals surface area contributed by atoms with Crippen molar-refractivity contribution in [1.29, 1.82) is 0 Å². The van der Waals surface area contributed by atoms with E-state index in [4.69, 9.17) is 0 Å². The van der Waals surface area contributed by atoms with Crippen molar-refractivity contribution in [3.63, 3.8) is 0 Å². The molecule has 3 nitrogen and oxygen atoms in total. The largest absolute Gasteiger partial charge is 0.243 e. The maximum Gasteiger partial charge on any atom is 0.243 e. The number of benzene rings is 2. The number of fused-ring (bicyclic) bond motifs is 3. The molecule has 1 aliphatic heterocycles. The summed E-state index contributed by atoms with van der Waals surface area (Å²) in [7, 11) is -3.47. The van der Waals surface area contributed by atoms with Gasteiger partial charge in [-0.05, 0) is 41.2 Å². The minimum atomic E-state index is -3.47. The van der Waals surface area contributed by atoms with E-state index in [9.17, 15) is 8.42 Å². The molecule has 0 saturated carbocycles. The molecular weight excluding hydrogens is 330 g/mol. The lowest BCUT2D eigenvalue weighted by molar-refractivity contribution is 0.314. The molecule has 1 unspecified atom stereocenters. The molecule has 130 valence electrons. The second-order valence-corrected chi connectivity index (χ2v) is 9.55. The minimum Gasteiger partial charge on any atom is -0.207 e. The summed E-state index contributed by atoms with van der Waals surface area (Å²) in [5.74, 6) is 0.193. The summed E-state index contributed by atoms with van der Waals surface area (Å²) in [6.45, 7) is 7.37. The number of hydrogen-bond acceptors (Lipinski definition) is 2. The third kappa shape index (κ3) is 2.47. The van der Waals surface area contributed by atoms with Gasteiger partial charge in [-0.3, -0.25) is 0 Å². The molecule has 0 aromatic heterocycles. The summed E-state index contributed by atoms with van der Waals surface area (Å²) >= 11 is 0. The van der Waals surface area contributed by atoms with E-state index < -0.39 is 10.0 Å². The summed E-state index contributed by atoms with van der Waals surface area (Å²) in [6.07, 6.45) is 2.10. The lowest BCUT2D eigenvalue weighted by atomic mass is 9.77. The molecule has 0 amide bonds. The summed E-state index contributed by atoms with van der Waals surface area (Å²) in [4.78, 5) is 0.378. The van der Waals surface area contributed by atoms with E-state index in [0.29, 0.717) is 18.0 Å². The van der Waals surface area contributed by atoms with Crippen molar-refractivity contribution in [2.45, 2.75) is 31.1 Å². The SMILES string of the molecule is Cc1ccc(S(=O)(=O)N2CC=C3c4ccccc4C(C)(C)C3C2)cc1. The van der Waals surface area contributed by atoms with Crippen LogP contribution in [-0.2, 0) is 15.4 Å². The van der Waals surface area contributed by atoms with Gasteiger partial charge in [0.05, 0.1) is 4.90 Å². The lowest BCUT2D eigenvalue weighted by Crippen LogP contribution is -2.42. The maximum absolute atomic E-state index is 13.1. The van der Waals surface area contributed by atoms with Crippen molar-refractivity contribution in [3.8, 4) is 0 Å². The van der Waals surface area contributed by atoms with Crippen LogP contribution in [0.25, 0.3) is 5.57 Å². The quantitative estimate of drug-likeness (QED) is 0.819. The predicted octanol–water partition coefficient (Wildman–Crippen LogP) is 3.99. The van der Waals surface area contributed by atoms with E-state index >= 15 is 0 Å². The number of sulfonamides is 1. The zero-order valence-electron chi connectivity index (χ0n) is 14.9. The third-order valence-corrected chi connectivity index (χ3v) is 7.58. The van der Waals surface area contributed by atoms with E-state index in [1.807, 2.05) is 19.1 Å². The zero-order valence-corrected chi connectivity index (χ0v) is 15.7. The predicted molar refractivity (Wildman–Crippen MR) is 101 cm³/mol. The highest BCUT2D eigenvalue weighted by Gasteiger charge is 2.46. The van der Waals surface area contributed by atoms with Gasteiger partial charge in [0.2, 0.25) is 10.0 Å². The van der Waals surface area contributed by atoms with Crippen LogP contribution in [0.4, 0.5) is 0 Å². The maximum atomic E-state index is 13.1. The zero-order chi connectivity index (χ0) is 17.8. The highest BCUT2D eigenvalue weighted by atomic mass is 32.2. The van der Waals surface area contributed by atoms with E-state index in [1.165, 1.54) is 16.7 Å². The molecular formula is C21H23NO2S. The summed E-state index contributed by atoms with van der Waals surface area (Å²) in [5, 5.41) is 0. The van der Waals surface area contributed by atoms with Crippen molar-refractivity contribution in [2.24, 2.45) is 5.92 Å². The van der Waals surface area contributed by atoms with Gasteiger partial charge in [0, 0.05) is 19.0 Å². The van der Waals surface area contributed by atoms with Crippen molar-refractivity contribution < 1.29 is 8.42 Å². The van der Waals surface area contributed by atoms with Gasteiger partial charge in [-0.15, -0.1) is 0 Å². The molecule has 1 atom stereocenters. The van der Waals surface area contributed by atoms with Crippen LogP contribution in [0.15, 0.2) is 59.5 Å². The fraction of sp³-hybridized carbons (Fsp3) is 0.333. The van der Waals surface area contributed by atoms with Crippen LogP contribution < -0.4 is 0 Å². The van der Waals surface area contributed by atoms with Gasteiger partial charge in [0.1, 0.15) is 0 Å². The van der Waals surface area contributed by atoms with Gasteiger partial charge in [0.25, 0.3) is 0 Å². The van der Waals surface area contributed by atoms with Crippen LogP contribution in [0.3, 0.4) is 0 Å². The first-order valence-corrected chi connectivity index (χ1v) is 10.1. The first-order chi connectivity index (χ1) is 11.8. The molecule has 2 aromatic carbocycles. The molecule has 0 spiro atoms. The molecule has 0 N–H and O–H groups in total. The van der Waals surface area contributed by atoms with Gasteiger partial charge in [-0.1, -0.05) is 61.9 Å². The van der Waals surface area contributed by atoms with Crippen molar-refractivity contribution >= 4 is 15.6 Å². The topological polar surface area (TPSA) is 37.4 Å². The Morgan fingerprint density at radius 1 is 1.04 bits per heavy atom. The second-order valence-electron chi connectivity index (χ2n) is 7.61. The average molecular weight is 353 g/mol. The van der Waals surface area contributed by atoms with Crippen LogP contribution in [0.1, 0.15) is 30.5 Å². The normalized spacial score (nSPS) is 22.2. The fourth-order valence-electron chi connectivity index (χ4n) is 4.17. The Morgan fingerprint density at radius 3 is 2.44 bits per heavy atom. The Balaban J connectivity index is 1.72. The average Bonchev–Trinajstić information content (AvgIpc) is 2.83. The Kier molecular flexibility index (Phi) is 3.67. The van der Waals surface area contributed by atoms with Crippen LogP contribution in [-0.4, -0.2) is 25.8 Å². The van der Waals surface area contributed by atoms with Crippen molar-refractivity contribution in [2.75, 3.05) is 13.1 Å². The smallest absolute Gasteiger partial charge is 0.207 e. The molecule has 2 aliphatic rings. The van der Waals surface area contributed by atoms with E-state index in [0.717, 1.165) is 5.56 Å². The van der Waals surface area contributed by atoms with Crippen molar-refractivity contribution in [1.82, 2.24) is 4.31 Å². The fourth-order valence-corrected chi connectivity index (χ4v) is 5.57. The standard InChI is InChI=1S/C21H23NO2S/c1-15-8-10-16(11-9-15)25(23,24)22-13-12-18-17-6-4-5-7-19(17)21(2,3)20(18)14-22/h4-12,20H,13-14H2,1-3H3. The third-order valence-electron chi connectivity index (χ3n) is 5.74. The van der Waals surface area contributed by atoms with Crippen LogP contribution >= 0.6 is 0 Å². The van der Waals surface area contributed by atoms with Gasteiger partial charge < -0.3 is 0 Å². The van der Waals surface area contributed by atoms with Crippen LogP contribution in [0, 0.1) is 12.8 Å². The Bertz CT molecular complexity index is 956. The molecule has 25 heavy (non-hydrogen) atoms. The molecule has 1 aliphatic carbocycles. The minimum absolute atomic E-state index is 0.0656. The number of aryl methyl sites for hydroxylation is 1. The highest BCUT2D eigenvalue weighted by molar-refractivity contribution is 7.89. The molecule has 4 rings (SSSR count). The highest BCUT2D eigenvalue weighted by Crippen LogP contribution is 2.51. The Hall–Kier alpha value is -1.91. The number of nitrogens with zero attached hydrogens (tertiary/aromatic N) is 1. The van der Waals surface area contributed by atoms with Crippen molar-refractivity contribution in [3.05, 3.63) is 71.3 Å². The van der Waals surface area contributed by atoms with E-state index in [2.05, 4.69) is 44.2 Å². The van der Waals surface area contributed by atoms with Gasteiger partial charge in [-0.25, -0.2) is 8.42 Å². The molecule has 0 radical (unpaired) electrons. The monoisotopic (exact) mass is 353 g/mol. The summed E-state index contributed by atoms with van der Waals surface area (Å²) in [5.41, 5.74) is 4.90. The van der Waals surface area contributed by atoms with Gasteiger partial charge in [-0.2, -0.15) is 4.31 Å². The van der Waals surface area contributed by atoms with Crippen LogP contribution in [0.2, 0.25) is 0 Å². The number of rotatable bonds is 2. The van der Waals surface area contributed by atoms with Gasteiger partial charge in [0.15, 0.2) is 0 Å². The van der Waals surface area contributed by atoms with Crippen LogP contribution in [0.5, 0.6) is 0 Å². The lowest BCUT2D eigenvalue weighted by Gasteiger charge is -2.36. The second kappa shape index (κ2) is 5.55. The molecule has 0 saturated heterocycles. The summed E-state index contributed by atoms with van der Waals surface area (Å²) in [6, 6.07) is 15.6. The molecule has 4 heteroatoms. The van der Waals surface area contributed by atoms with E-state index in [-0.39, 0.29) is 11.3 Å². The Labute approximate surface area is 150 Å². The Morgan fingerprint density at radius 2 is 1.72 bits per heavy atom. The molecule has 1 heterocycles. The first kappa shape index (κ1) is 16.6. The first-order valence-electron chi connectivity index (χ1n) is 8.68. The molecule has 0 fully saturated rings. The molecule has 0 bridgehead atoms. The molecule has 2 aromatic rings. The van der Waals surface area contributed by atoms with Gasteiger partial charge >= 0.3 is 0 Å². The summed E-state index contributed by atoms with van der Waals surface area (Å²) < 4.78 is 27.8. The number of hydrogen-bond donors (Lipinski definition) is 0. The van der Waals surface area contributed by atoms with E-state index in [1.54, 1.807) is 16.4 Å².